The number of unbranched alkanes of at least 4 members (excludes halogenated alkanes) is 9. The summed E-state index contributed by atoms with van der Waals surface area (Å²) < 4.78 is 78.9. The minimum atomic E-state index is -5.58. The van der Waals surface area contributed by atoms with Crippen molar-refractivity contribution in [2.24, 2.45) is 5.41 Å². The molecule has 67 heavy (non-hydrogen) atoms. The zero-order valence-electron chi connectivity index (χ0n) is 40.1. The average molecular weight is 1040 g/mol. The van der Waals surface area contributed by atoms with Crippen molar-refractivity contribution in [3.63, 3.8) is 0 Å². The number of anilines is 1. The quantitative estimate of drug-likeness (QED) is 0.0326. The van der Waals surface area contributed by atoms with Gasteiger partial charge in [0.2, 0.25) is 11.8 Å². The molecule has 0 saturated carbocycles. The van der Waals surface area contributed by atoms with E-state index < -0.39 is 84.6 Å². The van der Waals surface area contributed by atoms with Crippen molar-refractivity contribution >= 4 is 69.1 Å². The number of aliphatic hydroxyl groups is 2. The highest BCUT2D eigenvalue weighted by Gasteiger charge is 2.50. The molecule has 9 atom stereocenters. The number of aromatic nitrogens is 4. The molecule has 24 nitrogen and oxygen atoms in total. The van der Waals surface area contributed by atoms with Gasteiger partial charge >= 0.3 is 23.5 Å². The molecule has 1 aliphatic heterocycles. The molecule has 1 aliphatic rings. The van der Waals surface area contributed by atoms with E-state index in [0.717, 1.165) is 86.8 Å². The molecule has 2 aromatic rings. The maximum absolute atomic E-state index is 12.7. The number of fused-ring (bicyclic) bond motifs is 1. The number of ether oxygens (including phenoxy) is 1. The van der Waals surface area contributed by atoms with E-state index in [-0.39, 0.29) is 54.4 Å². The number of nitrogens with zero attached hydrogens (tertiary/aromatic N) is 4. The number of phosphoric acid groups is 3. The molecule has 28 heteroatoms. The molecule has 0 radical (unpaired) electrons. The van der Waals surface area contributed by atoms with E-state index in [1.807, 2.05) is 0 Å². The first kappa shape index (κ1) is 55.5. The molecule has 10 N–H and O–H groups in total. The molecule has 3 heterocycles. The predicted molar refractivity (Wildman–Crippen MR) is 247 cm³/mol. The zero-order chi connectivity index (χ0) is 51.4. The van der Waals surface area contributed by atoms with Crippen molar-refractivity contribution in [1.82, 2.24) is 30.2 Å². The summed E-state index contributed by atoms with van der Waals surface area (Å²) in [5, 5.41) is 26.6. The number of hydrogen-bond donors (Lipinski definition) is 9. The number of aliphatic hydroxyl groups excluding tert-OH is 2. The second kappa shape index (κ2) is 29.0. The lowest BCUT2D eigenvalue weighted by Gasteiger charge is -2.30. The Morgan fingerprint density at radius 2 is 1.51 bits per heavy atom. The Kier molecular flexibility index (Phi) is 24.0. The van der Waals surface area contributed by atoms with Gasteiger partial charge in [0.1, 0.15) is 36.3 Å². The van der Waals surface area contributed by atoms with Crippen LogP contribution in [0.5, 0.6) is 0 Å². The summed E-state index contributed by atoms with van der Waals surface area (Å²) in [4.78, 5) is 88.4. The second-order valence-corrected chi connectivity index (χ2v) is 22.0. The van der Waals surface area contributed by atoms with Crippen LogP contribution in [0.25, 0.3) is 11.2 Å². The zero-order valence-corrected chi connectivity index (χ0v) is 41.6. The molecule has 2 aromatic heterocycles. The number of nitrogen functional groups attached to an aromatic ring is 1. The van der Waals surface area contributed by atoms with Crippen LogP contribution in [0.4, 0.5) is 5.82 Å². The van der Waals surface area contributed by atoms with E-state index in [1.165, 1.54) is 39.5 Å². The van der Waals surface area contributed by atoms with E-state index in [1.54, 1.807) is 0 Å². The van der Waals surface area contributed by atoms with Crippen LogP contribution in [-0.4, -0.2) is 123 Å². The third-order valence-corrected chi connectivity index (χ3v) is 14.4. The van der Waals surface area contributed by atoms with Crippen molar-refractivity contribution < 1.29 is 83.2 Å². The summed E-state index contributed by atoms with van der Waals surface area (Å²) in [6.07, 6.45) is 5.88. The number of nitrogens with one attached hydrogen (secondary N) is 2. The first-order valence-electron chi connectivity index (χ1n) is 23.4. The smallest absolute Gasteiger partial charge is 0.386 e. The molecular weight excluding hydrogens is 963 g/mol. The van der Waals surface area contributed by atoms with Gasteiger partial charge in [0.15, 0.2) is 22.8 Å². The number of carbonyl (C=O) groups is 3. The third-order valence-electron chi connectivity index (χ3n) is 10.4. The molecule has 3 rings (SSSR count). The minimum absolute atomic E-state index is 0.0131. The van der Waals surface area contributed by atoms with Crippen LogP contribution in [0, 0.1) is 5.41 Å². The van der Waals surface area contributed by atoms with Crippen LogP contribution in [0.2, 0.25) is 0 Å². The first-order valence-corrected chi connectivity index (χ1v) is 27.8. The number of hydrogen-bond acceptors (Lipinski definition) is 18. The van der Waals surface area contributed by atoms with Crippen molar-refractivity contribution in [2.45, 2.75) is 161 Å². The van der Waals surface area contributed by atoms with Gasteiger partial charge in [0.25, 0.3) is 0 Å². The number of thioether (sulfide) groups is 1. The summed E-state index contributed by atoms with van der Waals surface area (Å²) in [6.45, 7) is 2.67. The standard InChI is InChI=1S/C39H70N7O17P3S/c1-4-5-6-7-8-9-10-11-12-13-14-15-16-17-18-19-30(48)67-23-22-41-29(47)20-21-42-37(51)34(50)39(2,3)25-60-66(57,58)63-65(55,56)59-24-28-33(62-64(52,53)54)32(49)38(61-28)46-27-45-31-35(40)43-26-44-36(31)46/h26-28,32-34,38,49-50H,4-25H2,1-3H3,(H,41,47)(H,42,51)(H,55,56)(H,57,58)(H2,40,43,44)(H2,52,53,54)/t28-,32-,33-,34+,38-/m1/s1/i11T,12T/t11?,12?,28-,32-,33-,34+,38-. The lowest BCUT2D eigenvalue weighted by molar-refractivity contribution is -0.137. The van der Waals surface area contributed by atoms with Crippen molar-refractivity contribution in [3.05, 3.63) is 12.7 Å². The van der Waals surface area contributed by atoms with Crippen LogP contribution in [0.3, 0.4) is 0 Å². The summed E-state index contributed by atoms with van der Waals surface area (Å²) in [5.41, 5.74) is 4.26. The molecule has 4 unspecified atom stereocenters. The van der Waals surface area contributed by atoms with Crippen molar-refractivity contribution in [1.29, 1.82) is 0 Å². The summed E-state index contributed by atoms with van der Waals surface area (Å²) in [6, 6.07) is 0. The fourth-order valence-electron chi connectivity index (χ4n) is 6.71. The SMILES string of the molecule is [3H]C(CCCCCCCC)C([3H])CCCCCCCC(=O)SCCNC(=O)CCNC(=O)[C@H](O)C(C)(C)COP(=O)(O)OP(=O)(O)OC[C@H]1O[C@@H](n2cnc3c(N)ncnc32)[C@H](O)[C@@H]1OP(=O)(O)O. The maximum Gasteiger partial charge on any atom is 0.481 e. The van der Waals surface area contributed by atoms with Gasteiger partial charge in [-0.05, 0) is 6.42 Å². The molecular formula is C39H70N7O17P3S. The van der Waals surface area contributed by atoms with Crippen LogP contribution < -0.4 is 16.4 Å². The second-order valence-electron chi connectivity index (χ2n) is 16.6. The van der Waals surface area contributed by atoms with E-state index >= 15 is 0 Å². The summed E-state index contributed by atoms with van der Waals surface area (Å²) in [7, 11) is -16.4. The van der Waals surface area contributed by atoms with Gasteiger partial charge in [-0.2, -0.15) is 4.31 Å². The molecule has 0 aliphatic carbocycles. The predicted octanol–water partition coefficient (Wildman–Crippen LogP) is 4.93. The van der Waals surface area contributed by atoms with Gasteiger partial charge in [-0.15, -0.1) is 0 Å². The van der Waals surface area contributed by atoms with Gasteiger partial charge in [-0.1, -0.05) is 122 Å². The number of rotatable bonds is 35. The maximum atomic E-state index is 12.7. The van der Waals surface area contributed by atoms with Gasteiger partial charge in [0.05, 0.1) is 19.5 Å². The Hall–Kier alpha value is -2.44. The van der Waals surface area contributed by atoms with Crippen LogP contribution in [0.1, 0.15) is 139 Å². The highest BCUT2D eigenvalue weighted by molar-refractivity contribution is 8.13. The Labute approximate surface area is 397 Å². The van der Waals surface area contributed by atoms with Gasteiger partial charge < -0.3 is 50.9 Å². The normalized spacial score (nSPS) is 21.4. The molecule has 0 spiro atoms. The van der Waals surface area contributed by atoms with Crippen LogP contribution >= 0.6 is 35.2 Å². The van der Waals surface area contributed by atoms with E-state index in [0.29, 0.717) is 12.2 Å². The lowest BCUT2D eigenvalue weighted by Crippen LogP contribution is -2.46. The minimum Gasteiger partial charge on any atom is -0.386 e. The molecule has 1 saturated heterocycles. The Morgan fingerprint density at radius 3 is 2.15 bits per heavy atom. The number of carbonyl (C=O) groups excluding carboxylic acids is 3. The van der Waals surface area contributed by atoms with Gasteiger partial charge in [-0.25, -0.2) is 28.6 Å². The van der Waals surface area contributed by atoms with Gasteiger partial charge in [0, 0.05) is 39.8 Å². The molecule has 1 fully saturated rings. The van der Waals surface area contributed by atoms with E-state index in [4.69, 9.17) is 22.3 Å². The lowest BCUT2D eigenvalue weighted by atomic mass is 9.87. The number of nitrogens with two attached hydrogens (primary N) is 1. The Bertz CT molecular complexity index is 2080. The summed E-state index contributed by atoms with van der Waals surface area (Å²) in [5.74, 6) is -1.11. The highest BCUT2D eigenvalue weighted by Crippen LogP contribution is 2.61. The fourth-order valence-corrected chi connectivity index (χ4v) is 10.3. The van der Waals surface area contributed by atoms with Crippen molar-refractivity contribution in [3.8, 4) is 0 Å². The number of phosphoric ester groups is 3. The number of amides is 2. The average Bonchev–Trinajstić information content (AvgIpc) is 3.83. The number of imidazole rings is 1. The topological polar surface area (TPSA) is 364 Å². The molecule has 384 valence electrons. The summed E-state index contributed by atoms with van der Waals surface area (Å²) >= 11 is 1.11. The Balaban J connectivity index is 1.30. The fraction of sp³-hybridized carbons (Fsp3) is 0.795. The van der Waals surface area contributed by atoms with E-state index in [9.17, 15) is 57.9 Å². The highest BCUT2D eigenvalue weighted by atomic mass is 32.2. The monoisotopic (exact) mass is 1040 g/mol. The van der Waals surface area contributed by atoms with Gasteiger partial charge in [-0.3, -0.25) is 32.5 Å². The van der Waals surface area contributed by atoms with Crippen LogP contribution in [-0.2, 0) is 50.7 Å². The van der Waals surface area contributed by atoms with Crippen molar-refractivity contribution in [2.75, 3.05) is 37.8 Å². The van der Waals surface area contributed by atoms with E-state index in [2.05, 4.69) is 41.3 Å². The Morgan fingerprint density at radius 1 is 0.896 bits per heavy atom. The molecule has 2 amide bonds. The third kappa shape index (κ3) is 22.0. The molecule has 0 aromatic carbocycles. The molecule has 0 bridgehead atoms. The largest absolute Gasteiger partial charge is 0.481 e. The first-order chi connectivity index (χ1) is 32.4. The van der Waals surface area contributed by atoms with Crippen LogP contribution in [0.15, 0.2) is 12.7 Å².